The molecule has 2 aliphatic rings. The summed E-state index contributed by atoms with van der Waals surface area (Å²) in [6, 6.07) is 8.54. The molecule has 0 spiro atoms. The summed E-state index contributed by atoms with van der Waals surface area (Å²) in [5.41, 5.74) is 6.68. The van der Waals surface area contributed by atoms with Gasteiger partial charge in [-0.25, -0.2) is 8.42 Å². The number of pyridine rings is 1. The van der Waals surface area contributed by atoms with Crippen LogP contribution in [0.25, 0.3) is 0 Å². The first-order valence-electron chi connectivity index (χ1n) is 13.4. The van der Waals surface area contributed by atoms with E-state index in [2.05, 4.69) is 4.74 Å². The van der Waals surface area contributed by atoms with Crippen molar-refractivity contribution in [3.8, 4) is 11.5 Å². The standard InChI is InChI=1S/C28H27Cl2F2N3O7S2/c29-21-11-34(37)12-22(30)20(21)10-25(17-3-8-24(42-28(31)32)26(9-17)40-13-16-1-2-16)41-27(36)23-14-43-15-35(23)44(38,39)19-6-4-18(33)5-7-19/h3-9,11-12,16,23,25,28H,1-2,10,13-15,33H2/t23?,25-/m0/s1. The van der Waals surface area contributed by atoms with E-state index < -0.39 is 34.7 Å². The number of sulfonamides is 1. The van der Waals surface area contributed by atoms with Crippen LogP contribution >= 0.6 is 35.0 Å². The van der Waals surface area contributed by atoms with Crippen molar-refractivity contribution in [3.63, 3.8) is 0 Å². The number of alkyl halides is 2. The SMILES string of the molecule is Nc1ccc(S(=O)(=O)N2CSCC2C(=O)O[C@@H](Cc2c(Cl)c[n+]([O-])cc2Cl)c2ccc(OC(F)F)c(OCC3CC3)c2)cc1. The number of nitrogens with two attached hydrogens (primary N) is 1. The maximum absolute atomic E-state index is 13.7. The van der Waals surface area contributed by atoms with E-state index in [-0.39, 0.29) is 56.7 Å². The van der Waals surface area contributed by atoms with Gasteiger partial charge in [-0.05, 0) is 60.7 Å². The number of benzene rings is 2. The second kappa shape index (κ2) is 13.5. The third kappa shape index (κ3) is 7.60. The van der Waals surface area contributed by atoms with Gasteiger partial charge in [0.15, 0.2) is 23.9 Å². The van der Waals surface area contributed by atoms with E-state index in [1.54, 1.807) is 0 Å². The van der Waals surface area contributed by atoms with Gasteiger partial charge in [0.05, 0.1) is 17.4 Å². The van der Waals surface area contributed by atoms with Crippen molar-refractivity contribution in [3.05, 3.63) is 81.2 Å². The van der Waals surface area contributed by atoms with Gasteiger partial charge in [-0.2, -0.15) is 17.8 Å². The number of nitrogen functional groups attached to an aromatic ring is 1. The summed E-state index contributed by atoms with van der Waals surface area (Å²) < 4.78 is 71.0. The third-order valence-electron chi connectivity index (χ3n) is 7.03. The van der Waals surface area contributed by atoms with Gasteiger partial charge < -0.3 is 25.2 Å². The van der Waals surface area contributed by atoms with E-state index in [1.165, 1.54) is 54.2 Å². The van der Waals surface area contributed by atoms with Crippen LogP contribution in [0.15, 0.2) is 59.8 Å². The molecule has 1 unspecified atom stereocenters. The van der Waals surface area contributed by atoms with Gasteiger partial charge >= 0.3 is 12.6 Å². The molecular formula is C28H27Cl2F2N3O7S2. The Bertz CT molecular complexity index is 1610. The lowest BCUT2D eigenvalue weighted by Crippen LogP contribution is -2.43. The summed E-state index contributed by atoms with van der Waals surface area (Å²) in [7, 11) is -4.09. The Kier molecular flexibility index (Phi) is 9.95. The van der Waals surface area contributed by atoms with Crippen molar-refractivity contribution in [1.82, 2.24) is 4.31 Å². The molecule has 236 valence electrons. The Hall–Kier alpha value is -3.04. The van der Waals surface area contributed by atoms with E-state index in [9.17, 15) is 27.2 Å². The minimum absolute atomic E-state index is 0.000358. The molecule has 10 nitrogen and oxygen atoms in total. The smallest absolute Gasteiger partial charge is 0.387 e. The molecule has 44 heavy (non-hydrogen) atoms. The fourth-order valence-electron chi connectivity index (χ4n) is 4.51. The van der Waals surface area contributed by atoms with Crippen LogP contribution in [0, 0.1) is 11.1 Å². The van der Waals surface area contributed by atoms with Crippen molar-refractivity contribution >= 4 is 56.6 Å². The van der Waals surface area contributed by atoms with Crippen molar-refractivity contribution in [2.24, 2.45) is 5.92 Å². The molecule has 0 bridgehead atoms. The fraction of sp³-hybridized carbons (Fsp3) is 0.357. The number of halogens is 4. The van der Waals surface area contributed by atoms with E-state index in [1.807, 2.05) is 0 Å². The molecule has 16 heteroatoms. The predicted molar refractivity (Wildman–Crippen MR) is 160 cm³/mol. The molecule has 1 aromatic heterocycles. The van der Waals surface area contributed by atoms with E-state index in [0.717, 1.165) is 29.5 Å². The van der Waals surface area contributed by atoms with Crippen LogP contribution in [-0.2, 0) is 26.0 Å². The number of hydrogen-bond acceptors (Lipinski definition) is 9. The molecule has 2 aromatic carbocycles. The van der Waals surface area contributed by atoms with E-state index in [0.29, 0.717) is 21.9 Å². The highest BCUT2D eigenvalue weighted by Gasteiger charge is 2.42. The maximum atomic E-state index is 13.7. The zero-order valence-corrected chi connectivity index (χ0v) is 26.1. The zero-order chi connectivity index (χ0) is 31.6. The quantitative estimate of drug-likeness (QED) is 0.118. The first-order chi connectivity index (χ1) is 20.9. The van der Waals surface area contributed by atoms with E-state index in [4.69, 9.17) is 38.4 Å². The van der Waals surface area contributed by atoms with Gasteiger partial charge in [-0.1, -0.05) is 29.3 Å². The molecule has 5 rings (SSSR count). The molecule has 2 atom stereocenters. The second-order valence-corrected chi connectivity index (χ2v) is 13.9. The molecule has 2 fully saturated rings. The molecule has 2 heterocycles. The average Bonchev–Trinajstić information content (AvgIpc) is 3.65. The highest BCUT2D eigenvalue weighted by molar-refractivity contribution is 8.00. The van der Waals surface area contributed by atoms with Crippen LogP contribution in [0.1, 0.15) is 30.1 Å². The normalized spacial score (nSPS) is 17.9. The van der Waals surface area contributed by atoms with Crippen molar-refractivity contribution in [1.29, 1.82) is 0 Å². The number of anilines is 1. The molecule has 0 amide bonds. The number of carbonyl (C=O) groups excluding carboxylic acids is 1. The Morgan fingerprint density at radius 2 is 1.80 bits per heavy atom. The molecule has 0 radical (unpaired) electrons. The first-order valence-corrected chi connectivity index (χ1v) is 16.7. The Labute approximate surface area is 266 Å². The molecule has 1 aliphatic carbocycles. The van der Waals surface area contributed by atoms with Gasteiger partial charge in [0.2, 0.25) is 10.0 Å². The summed E-state index contributed by atoms with van der Waals surface area (Å²) >= 11 is 13.9. The largest absolute Gasteiger partial charge is 0.619 e. The van der Waals surface area contributed by atoms with Crippen LogP contribution in [0.3, 0.4) is 0 Å². The number of ether oxygens (including phenoxy) is 3. The number of rotatable bonds is 12. The number of aromatic nitrogens is 1. The highest BCUT2D eigenvalue weighted by Crippen LogP contribution is 2.39. The minimum Gasteiger partial charge on any atom is -0.619 e. The minimum atomic E-state index is -4.09. The molecule has 1 saturated carbocycles. The third-order valence-corrected chi connectivity index (χ3v) is 10.7. The Morgan fingerprint density at radius 1 is 1.11 bits per heavy atom. The summed E-state index contributed by atoms with van der Waals surface area (Å²) in [6.45, 7) is -2.82. The van der Waals surface area contributed by atoms with Crippen LogP contribution in [-0.4, -0.2) is 49.6 Å². The lowest BCUT2D eigenvalue weighted by atomic mass is 10.0. The van der Waals surface area contributed by atoms with Crippen LogP contribution in [0.5, 0.6) is 11.5 Å². The summed E-state index contributed by atoms with van der Waals surface area (Å²) in [5.74, 6) is -0.612. The molecule has 1 saturated heterocycles. The topological polar surface area (TPSA) is 135 Å². The Balaban J connectivity index is 1.47. The maximum Gasteiger partial charge on any atom is 0.387 e. The number of thioether (sulfide) groups is 1. The van der Waals surface area contributed by atoms with E-state index >= 15 is 0 Å². The molecule has 1 aliphatic heterocycles. The summed E-state index contributed by atoms with van der Waals surface area (Å²) in [5, 5.41) is 11.8. The van der Waals surface area contributed by atoms with Gasteiger partial charge in [0.25, 0.3) is 0 Å². The monoisotopic (exact) mass is 689 g/mol. The number of hydrogen-bond donors (Lipinski definition) is 1. The lowest BCUT2D eigenvalue weighted by molar-refractivity contribution is -0.605. The predicted octanol–water partition coefficient (Wildman–Crippen LogP) is 5.19. The number of carbonyl (C=O) groups is 1. The summed E-state index contributed by atoms with van der Waals surface area (Å²) in [6.07, 6.45) is 2.79. The fourth-order valence-corrected chi connectivity index (χ4v) is 8.23. The Morgan fingerprint density at radius 3 is 2.43 bits per heavy atom. The second-order valence-electron chi connectivity index (χ2n) is 10.2. The highest BCUT2D eigenvalue weighted by atomic mass is 35.5. The summed E-state index contributed by atoms with van der Waals surface area (Å²) in [4.78, 5) is 13.6. The van der Waals surface area contributed by atoms with Crippen molar-refractivity contribution < 1.29 is 40.9 Å². The van der Waals surface area contributed by atoms with Crippen LogP contribution in [0.2, 0.25) is 10.0 Å². The van der Waals surface area contributed by atoms with Gasteiger partial charge in [-0.3, -0.25) is 4.79 Å². The van der Waals surface area contributed by atoms with Crippen molar-refractivity contribution in [2.45, 2.75) is 42.9 Å². The lowest BCUT2D eigenvalue weighted by Gasteiger charge is -2.26. The van der Waals surface area contributed by atoms with Crippen molar-refractivity contribution in [2.75, 3.05) is 24.0 Å². The molecule has 2 N–H and O–H groups in total. The van der Waals surface area contributed by atoms with Crippen LogP contribution < -0.4 is 19.9 Å². The zero-order valence-electron chi connectivity index (χ0n) is 22.9. The van der Waals surface area contributed by atoms with Crippen LogP contribution in [0.4, 0.5) is 14.5 Å². The van der Waals surface area contributed by atoms with Gasteiger partial charge in [0.1, 0.15) is 22.2 Å². The molecule has 3 aromatic rings. The van der Waals surface area contributed by atoms with Gasteiger partial charge in [-0.15, -0.1) is 11.8 Å². The average molecular weight is 691 g/mol. The van der Waals surface area contributed by atoms with Gasteiger partial charge in [0, 0.05) is 23.4 Å². The molecular weight excluding hydrogens is 663 g/mol. The number of esters is 1. The number of nitrogens with zero attached hydrogens (tertiary/aromatic N) is 2. The first kappa shape index (κ1) is 32.4.